The van der Waals surface area contributed by atoms with Gasteiger partial charge >= 0.3 is 0 Å². The van der Waals surface area contributed by atoms with Crippen molar-refractivity contribution in [3.05, 3.63) is 73.5 Å². The molecular weight excluding hydrogens is 1740 g/mol. The third-order valence-electron chi connectivity index (χ3n) is 18.0. The number of sulfone groups is 1. The van der Waals surface area contributed by atoms with Crippen LogP contribution in [0.15, 0.2) is 71.5 Å². The van der Waals surface area contributed by atoms with E-state index < -0.39 is 29.9 Å². The topological polar surface area (TPSA) is 473 Å². The van der Waals surface area contributed by atoms with Crippen LogP contribution in [0, 0.1) is 5.41 Å². The molecule has 0 spiro atoms. The van der Waals surface area contributed by atoms with E-state index in [9.17, 15) is 30.0 Å². The summed E-state index contributed by atoms with van der Waals surface area (Å²) < 4.78 is 106. The van der Waals surface area contributed by atoms with E-state index in [0.717, 1.165) is 158 Å². The van der Waals surface area contributed by atoms with Crippen LogP contribution in [0.1, 0.15) is 83.7 Å². The normalized spacial score (nSPS) is 16.3. The molecule has 0 aromatic carbocycles. The molecule has 3 unspecified atom stereocenters. The monoisotopic (exact) mass is 1910 g/mol. The van der Waals surface area contributed by atoms with Crippen LogP contribution in [0.4, 0.5) is 0 Å². The molecule has 4 aromatic rings. The first-order valence-corrected chi connectivity index (χ1v) is 51.6. The van der Waals surface area contributed by atoms with Crippen molar-refractivity contribution < 1.29 is 73.1 Å². The summed E-state index contributed by atoms with van der Waals surface area (Å²) in [4.78, 5) is 33.8. The number of nitrogens with zero attached hydrogens (tertiary/aromatic N) is 8. The Morgan fingerprint density at radius 3 is 1.67 bits per heavy atom. The lowest BCUT2D eigenvalue weighted by Crippen LogP contribution is -2.46. The van der Waals surface area contributed by atoms with Crippen molar-refractivity contribution in [1.82, 2.24) is 117 Å². The number of likely N-dealkylation sites (tertiary alicyclic amines) is 2. The number of piperidine rings is 1. The number of rotatable bonds is 44. The molecule has 17 N–H and O–H groups in total. The fraction of sp³-hybridized carbons (Fsp3) is 0.831. The molecule has 44 heteroatoms. The highest BCUT2D eigenvalue weighted by atomic mass is 32.2. The quantitative estimate of drug-likeness (QED) is 0.0214. The molecule has 0 aliphatic carbocycles. The number of carbonyl (C=O) groups is 1. The van der Waals surface area contributed by atoms with Gasteiger partial charge in [-0.15, -0.1) is 0 Å². The fourth-order valence-electron chi connectivity index (χ4n) is 10.9. The summed E-state index contributed by atoms with van der Waals surface area (Å²) in [6, 6.07) is 4.71. The molecule has 4 aromatic heterocycles. The van der Waals surface area contributed by atoms with Crippen molar-refractivity contribution in [1.29, 1.82) is 0 Å². The fourth-order valence-corrected chi connectivity index (χ4v) is 15.4. The maximum absolute atomic E-state index is 11.6. The molecule has 1 amide bonds. The number of hydrogen-bond acceptors (Lipinski definition) is 35. The lowest BCUT2D eigenvalue weighted by atomic mass is 9.94. The van der Waals surface area contributed by atoms with E-state index in [1.54, 1.807) is 79.0 Å². The molecular formula is C83H179N23O16S5. The van der Waals surface area contributed by atoms with E-state index in [1.807, 2.05) is 110 Å². The number of aromatic amines is 2. The molecule has 9 heterocycles. The van der Waals surface area contributed by atoms with Gasteiger partial charge in [-0.2, -0.15) is 16.1 Å². The number of morpholine rings is 1. The number of aryl methyl sites for hydroxylation is 1. The number of methoxy groups -OCH3 is 2. The highest BCUT2D eigenvalue weighted by Gasteiger charge is 2.25. The van der Waals surface area contributed by atoms with Gasteiger partial charge in [-0.05, 0) is 174 Å². The van der Waals surface area contributed by atoms with Crippen LogP contribution in [-0.2, 0) is 81.9 Å². The number of likely N-dealkylation sites (N-methyl/N-ethyl adjacent to an activating group) is 5. The SMILES string of the molecule is CNC(CO)CO.CNC(COC)COC.CNC1CCCN(CC(C)(C)C)C1.CNCC1CCCO1.CNCC1COCCO1.CNCCCN1CCCC1=O.CNCCCn1ccnc1.CNCCS(=O)(=O)N(C)C.CNCCS(=O)(=O)N1CCOCC1.CNCCS(C)(=O)=O.CNCCSCc1ncc[nH]1.CNCCSc1ncc[nH]1.CNCc1ccco1. The number of amides is 1. The number of hydrogen-bond donors (Lipinski definition) is 17. The second-order valence-corrected chi connectivity index (χ2v) is 39.5. The van der Waals surface area contributed by atoms with E-state index in [4.69, 9.17) is 43.1 Å². The summed E-state index contributed by atoms with van der Waals surface area (Å²) in [5.74, 6) is 6.11. The van der Waals surface area contributed by atoms with E-state index in [2.05, 4.69) is 131 Å². The Balaban J connectivity index is -0.000000648. The molecule has 0 bridgehead atoms. The number of aliphatic hydroxyl groups is 2. The first kappa shape index (κ1) is 129. The molecule has 5 aliphatic heterocycles. The number of aliphatic hydroxyl groups excluding tert-OH is 2. The second kappa shape index (κ2) is 89.8. The van der Waals surface area contributed by atoms with Crippen molar-refractivity contribution in [2.24, 2.45) is 5.41 Å². The number of thioether (sulfide) groups is 2. The van der Waals surface area contributed by atoms with Gasteiger partial charge in [-0.1, -0.05) is 32.5 Å². The van der Waals surface area contributed by atoms with Gasteiger partial charge < -0.3 is 137 Å². The number of sulfonamides is 2. The number of imidazole rings is 3. The first-order valence-electron chi connectivity index (χ1n) is 44.2. The van der Waals surface area contributed by atoms with E-state index in [1.165, 1.54) is 74.3 Å². The summed E-state index contributed by atoms with van der Waals surface area (Å²) in [7, 11) is 22.1. The van der Waals surface area contributed by atoms with Gasteiger partial charge in [-0.25, -0.2) is 44.5 Å². The molecule has 9 rings (SSSR count). The Kier molecular flexibility index (Phi) is 91.4. The Morgan fingerprint density at radius 1 is 0.630 bits per heavy atom. The summed E-state index contributed by atoms with van der Waals surface area (Å²) in [5, 5.41) is 56.5. The zero-order chi connectivity index (χ0) is 95.9. The third-order valence-corrected chi connectivity index (χ3v) is 24.5. The Labute approximate surface area is 775 Å². The summed E-state index contributed by atoms with van der Waals surface area (Å²) in [6.07, 6.45) is 25.8. The number of carbonyl (C=O) groups excluding carboxylic acids is 1. The lowest BCUT2D eigenvalue weighted by Gasteiger charge is -2.36. The molecule has 752 valence electrons. The van der Waals surface area contributed by atoms with Gasteiger partial charge in [0.2, 0.25) is 26.0 Å². The maximum Gasteiger partial charge on any atom is 0.222 e. The van der Waals surface area contributed by atoms with Crippen LogP contribution in [0.3, 0.4) is 0 Å². The predicted octanol–water partition coefficient (Wildman–Crippen LogP) is 0.657. The minimum absolute atomic E-state index is 0.00694. The molecule has 127 heavy (non-hydrogen) atoms. The van der Waals surface area contributed by atoms with Crippen LogP contribution in [0.25, 0.3) is 0 Å². The van der Waals surface area contributed by atoms with Crippen molar-refractivity contribution >= 4 is 59.3 Å². The highest BCUT2D eigenvalue weighted by molar-refractivity contribution is 7.99. The minimum Gasteiger partial charge on any atom is -0.468 e. The van der Waals surface area contributed by atoms with Gasteiger partial charge in [0.05, 0.1) is 126 Å². The molecule has 0 saturated carbocycles. The summed E-state index contributed by atoms with van der Waals surface area (Å²) in [5.41, 5.74) is 0.440. The van der Waals surface area contributed by atoms with Crippen LogP contribution < -0.4 is 69.1 Å². The Hall–Kier alpha value is -4.03. The predicted molar refractivity (Wildman–Crippen MR) is 523 cm³/mol. The number of furan rings is 1. The number of nitrogens with one attached hydrogen (secondary N) is 15. The Bertz CT molecular complexity index is 3160. The standard InChI is InChI=1S/C11H24N2.C8H16N2O.C7H13N3S.C7H13N3.C7H16N2O3S.C6H11N3S.C6H13NO2.C6H15NO2.C6H13NO.C6H9NO.C5H14N2O2S.C4H11NO2S.C4H11NO2/c1-11(2,3)9-13-7-5-6-10(8-13)12-4;1-9-5-3-7-10-6-2-4-8(10)11;1-8-4-5-11-6-7-9-2-3-10-7;1-8-3-2-5-10-6-4-9-7-10;1-8-2-7-13(10,11)9-3-5-12-6-4-9;1-7-4-5-10-6-8-2-3-9-6;1-7-4-6-5-8-2-3-9-6;1-7-6(4-8-2)5-9-3;2*1-7-5-6-3-2-4-8-6;1-6-4-5-10(8,9)7(2)3;1-5-3-4-8(2,6)7;1-5-4(2-6)3-7/h10,12H,5-9H2,1-4H3;9H,2-7H2,1H3;2-3,8H,4-6H2,1H3,(H,9,10);4,6-8H,2-3,5H2,1H3;8H,2-7H2,1H3;2-3,7H,4-5H2,1H3,(H,8,9);6-7H,2-5H2,1H3;6-7H,4-5H2,1-3H3;6-7H,2-5H2,1H3;2-4,7H,5H2,1H3;6H,4-5H2,1-3H3;5H,3-4H2,1-2H3;4-7H,2-3H2,1H3. The molecule has 5 fully saturated rings. The van der Waals surface area contributed by atoms with Crippen LogP contribution in [0.5, 0.6) is 0 Å². The molecule has 39 nitrogen and oxygen atoms in total. The zero-order valence-electron chi connectivity index (χ0n) is 81.6. The number of aromatic nitrogens is 6. The average Bonchev–Trinajstić information content (AvgIpc) is 1.79. The van der Waals surface area contributed by atoms with E-state index >= 15 is 0 Å². The summed E-state index contributed by atoms with van der Waals surface area (Å²) >= 11 is 3.60. The number of ether oxygens (including phenoxy) is 6. The average molecular weight is 1920 g/mol. The molecule has 5 saturated heterocycles. The molecule has 0 radical (unpaired) electrons. The van der Waals surface area contributed by atoms with Gasteiger partial charge in [0.1, 0.15) is 21.4 Å². The maximum atomic E-state index is 11.6. The zero-order valence-corrected chi connectivity index (χ0v) is 85.7. The van der Waals surface area contributed by atoms with Crippen LogP contribution in [0.2, 0.25) is 0 Å². The van der Waals surface area contributed by atoms with Crippen molar-refractivity contribution in [3.8, 4) is 0 Å². The molecule has 3 atom stereocenters. The molecule has 5 aliphatic rings. The summed E-state index contributed by atoms with van der Waals surface area (Å²) in [6.45, 7) is 28.6. The smallest absolute Gasteiger partial charge is 0.222 e. The van der Waals surface area contributed by atoms with Gasteiger partial charge in [-0.3, -0.25) is 4.79 Å². The number of H-pyrrole nitrogens is 2. The van der Waals surface area contributed by atoms with Crippen molar-refractivity contribution in [2.75, 3.05) is 326 Å². The van der Waals surface area contributed by atoms with E-state index in [-0.39, 0.29) is 42.6 Å². The highest BCUT2D eigenvalue weighted by Crippen LogP contribution is 2.19. The lowest BCUT2D eigenvalue weighted by molar-refractivity contribution is -0.127. The van der Waals surface area contributed by atoms with Crippen molar-refractivity contribution in [3.63, 3.8) is 0 Å². The van der Waals surface area contributed by atoms with E-state index in [0.29, 0.717) is 82.6 Å². The van der Waals surface area contributed by atoms with Crippen LogP contribution >= 0.6 is 23.5 Å². The van der Waals surface area contributed by atoms with Gasteiger partial charge in [0.15, 0.2) is 5.16 Å². The minimum atomic E-state index is -3.05. The third kappa shape index (κ3) is 83.5. The largest absolute Gasteiger partial charge is 0.468 e. The first-order chi connectivity index (χ1) is 60.9. The van der Waals surface area contributed by atoms with Gasteiger partial charge in [0.25, 0.3) is 0 Å². The van der Waals surface area contributed by atoms with Gasteiger partial charge in [0, 0.05) is 194 Å². The second-order valence-electron chi connectivity index (χ2n) is 30.7. The van der Waals surface area contributed by atoms with Crippen LogP contribution in [-0.4, -0.2) is 445 Å². The van der Waals surface area contributed by atoms with Crippen molar-refractivity contribution in [2.45, 2.75) is 126 Å². The Morgan fingerprint density at radius 2 is 1.22 bits per heavy atom.